The van der Waals surface area contributed by atoms with Crippen LogP contribution >= 0.6 is 0 Å². The minimum atomic E-state index is -2.20. The lowest BCUT2D eigenvalue weighted by molar-refractivity contribution is -0.212. The zero-order chi connectivity index (χ0) is 28.8. The van der Waals surface area contributed by atoms with E-state index in [-0.39, 0.29) is 41.8 Å². The molecule has 2 heterocycles. The highest BCUT2D eigenvalue weighted by molar-refractivity contribution is 6.01. The predicted octanol–water partition coefficient (Wildman–Crippen LogP) is 4.07. The van der Waals surface area contributed by atoms with Crippen molar-refractivity contribution in [2.75, 3.05) is 19.7 Å². The average molecular weight is 558 g/mol. The van der Waals surface area contributed by atoms with Gasteiger partial charge in [0.1, 0.15) is 17.7 Å². The Labute approximate surface area is 232 Å². The number of aliphatic hydroxyl groups is 1. The number of nitrogens with zero attached hydrogens (tertiary/aromatic N) is 1. The van der Waals surface area contributed by atoms with Crippen molar-refractivity contribution < 1.29 is 37.4 Å². The molecular formula is C31H37F2NO6. The number of aryl methyl sites for hydroxylation is 1. The van der Waals surface area contributed by atoms with Crippen LogP contribution in [0.4, 0.5) is 8.78 Å². The van der Waals surface area contributed by atoms with Gasteiger partial charge < -0.3 is 14.3 Å². The Morgan fingerprint density at radius 1 is 1.23 bits per heavy atom. The molecular weight excluding hydrogens is 520 g/mol. The number of rotatable bonds is 5. The summed E-state index contributed by atoms with van der Waals surface area (Å²) in [6.45, 7) is 7.63. The molecule has 0 radical (unpaired) electrons. The first-order chi connectivity index (χ1) is 18.8. The second-order valence-electron chi connectivity index (χ2n) is 13.1. The van der Waals surface area contributed by atoms with E-state index >= 15 is 8.78 Å². The van der Waals surface area contributed by atoms with Gasteiger partial charge >= 0.3 is 5.97 Å². The van der Waals surface area contributed by atoms with Crippen LogP contribution in [0.15, 0.2) is 40.4 Å². The molecule has 1 aromatic heterocycles. The molecule has 4 fully saturated rings. The van der Waals surface area contributed by atoms with Gasteiger partial charge in [0.05, 0.1) is 18.1 Å². The highest BCUT2D eigenvalue weighted by Gasteiger charge is 2.78. The summed E-state index contributed by atoms with van der Waals surface area (Å²) in [5.41, 5.74) is -5.47. The van der Waals surface area contributed by atoms with Crippen molar-refractivity contribution in [3.05, 3.63) is 47.5 Å². The van der Waals surface area contributed by atoms with E-state index < -0.39 is 52.7 Å². The minimum absolute atomic E-state index is 0.00227. The molecule has 0 spiro atoms. The van der Waals surface area contributed by atoms with Gasteiger partial charge in [0.15, 0.2) is 23.8 Å². The molecule has 1 aliphatic heterocycles. The first-order valence-corrected chi connectivity index (χ1v) is 14.2. The summed E-state index contributed by atoms with van der Waals surface area (Å²) in [5.74, 6) is -1.07. The van der Waals surface area contributed by atoms with E-state index in [0.29, 0.717) is 26.1 Å². The average Bonchev–Trinajstić information content (AvgIpc) is 3.53. The van der Waals surface area contributed by atoms with Crippen molar-refractivity contribution in [1.82, 2.24) is 4.90 Å². The highest BCUT2D eigenvalue weighted by atomic mass is 19.1. The highest BCUT2D eigenvalue weighted by Crippen LogP contribution is 2.74. The maximum Gasteiger partial charge on any atom is 0.303 e. The zero-order valence-corrected chi connectivity index (χ0v) is 23.4. The number of esters is 1. The summed E-state index contributed by atoms with van der Waals surface area (Å²) in [6, 6.07) is 3.79. The number of ketones is 2. The number of aliphatic hydroxyl groups excluding tert-OH is 1. The van der Waals surface area contributed by atoms with E-state index in [1.54, 1.807) is 6.92 Å². The number of Topliss-reactive ketones (excluding diaryl/α,β-unsaturated/α-hetero) is 1. The lowest BCUT2D eigenvalue weighted by atomic mass is 9.43. The molecule has 6 rings (SSSR count). The Morgan fingerprint density at radius 3 is 2.65 bits per heavy atom. The molecule has 3 saturated carbocycles. The number of halogens is 2. The largest absolute Gasteiger partial charge is 0.465 e. The molecule has 40 heavy (non-hydrogen) atoms. The molecule has 0 unspecified atom stereocenters. The summed E-state index contributed by atoms with van der Waals surface area (Å²) in [5, 5.41) is 11.7. The van der Waals surface area contributed by atoms with Crippen LogP contribution in [0.2, 0.25) is 0 Å². The molecule has 0 aromatic carbocycles. The monoisotopic (exact) mass is 557 g/mol. The molecule has 5 aliphatic rings. The summed E-state index contributed by atoms with van der Waals surface area (Å²) >= 11 is 0. The number of likely N-dealkylation sites (tertiary alicyclic amines) is 1. The SMILES string of the molecule is CC(=O)OCC(=O)[C@@]12CN(Cc3ccc(C)o3)C[C@@H]1C[C@H]1[C@@H]3C[C@H](F)C4=CC(=O)C=C[C@]4(C)[C@@]3(F)[C@@H](O)C[C@@]12C. The van der Waals surface area contributed by atoms with Crippen LogP contribution < -0.4 is 0 Å². The van der Waals surface area contributed by atoms with Crippen LogP contribution in [0.3, 0.4) is 0 Å². The number of carbonyl (C=O) groups excluding carboxylic acids is 3. The van der Waals surface area contributed by atoms with Crippen molar-refractivity contribution in [3.63, 3.8) is 0 Å². The molecule has 4 aliphatic carbocycles. The summed E-state index contributed by atoms with van der Waals surface area (Å²) < 4.78 is 44.4. The molecule has 1 aromatic rings. The summed E-state index contributed by atoms with van der Waals surface area (Å²) in [7, 11) is 0. The molecule has 1 N–H and O–H groups in total. The third-order valence-corrected chi connectivity index (χ3v) is 11.3. The van der Waals surface area contributed by atoms with E-state index in [2.05, 4.69) is 4.90 Å². The van der Waals surface area contributed by atoms with Gasteiger partial charge in [-0.3, -0.25) is 19.3 Å². The van der Waals surface area contributed by atoms with Gasteiger partial charge in [-0.2, -0.15) is 0 Å². The molecule has 7 nitrogen and oxygen atoms in total. The fraction of sp³-hybridized carbons (Fsp3) is 0.645. The normalized spacial score (nSPS) is 43.9. The molecule has 0 bridgehead atoms. The number of allylic oxidation sites excluding steroid dienone is 4. The first kappa shape index (κ1) is 27.5. The van der Waals surface area contributed by atoms with E-state index in [0.717, 1.165) is 11.5 Å². The smallest absolute Gasteiger partial charge is 0.303 e. The van der Waals surface area contributed by atoms with Crippen LogP contribution in [0.1, 0.15) is 51.6 Å². The van der Waals surface area contributed by atoms with Crippen LogP contribution in [-0.4, -0.2) is 65.2 Å². The van der Waals surface area contributed by atoms with Crippen molar-refractivity contribution in [1.29, 1.82) is 0 Å². The fourth-order valence-corrected chi connectivity index (χ4v) is 9.59. The number of alkyl halides is 2. The van der Waals surface area contributed by atoms with Crippen molar-refractivity contribution >= 4 is 17.5 Å². The molecule has 0 amide bonds. The van der Waals surface area contributed by atoms with Gasteiger partial charge in [0.2, 0.25) is 0 Å². The van der Waals surface area contributed by atoms with Crippen molar-refractivity contribution in [2.45, 2.75) is 71.4 Å². The Hall–Kier alpha value is -2.65. The van der Waals surface area contributed by atoms with Gasteiger partial charge in [-0.1, -0.05) is 13.0 Å². The quantitative estimate of drug-likeness (QED) is 0.546. The third-order valence-electron chi connectivity index (χ3n) is 11.3. The Kier molecular flexibility index (Phi) is 6.14. The van der Waals surface area contributed by atoms with E-state index in [9.17, 15) is 19.5 Å². The fourth-order valence-electron chi connectivity index (χ4n) is 9.59. The summed E-state index contributed by atoms with van der Waals surface area (Å²) in [4.78, 5) is 40.0. The molecule has 9 heteroatoms. The maximum absolute atomic E-state index is 17.6. The van der Waals surface area contributed by atoms with Gasteiger partial charge in [-0.25, -0.2) is 8.78 Å². The Balaban J connectivity index is 1.41. The van der Waals surface area contributed by atoms with Crippen molar-refractivity contribution in [3.8, 4) is 0 Å². The van der Waals surface area contributed by atoms with Crippen LogP contribution in [0.5, 0.6) is 0 Å². The molecule has 216 valence electrons. The van der Waals surface area contributed by atoms with E-state index in [1.165, 1.54) is 25.2 Å². The lowest BCUT2D eigenvalue weighted by Crippen LogP contribution is -2.69. The zero-order valence-electron chi connectivity index (χ0n) is 23.4. The van der Waals surface area contributed by atoms with Gasteiger partial charge in [-0.05, 0) is 80.2 Å². The van der Waals surface area contributed by atoms with Crippen molar-refractivity contribution in [2.24, 2.45) is 34.0 Å². The first-order valence-electron chi connectivity index (χ1n) is 14.2. The number of hydrogen-bond donors (Lipinski definition) is 1. The number of hydrogen-bond acceptors (Lipinski definition) is 7. The Morgan fingerprint density at radius 2 is 1.98 bits per heavy atom. The third kappa shape index (κ3) is 3.49. The van der Waals surface area contributed by atoms with Crippen LogP contribution in [0, 0.1) is 40.9 Å². The van der Waals surface area contributed by atoms with Crippen LogP contribution in [-0.2, 0) is 25.7 Å². The lowest BCUT2D eigenvalue weighted by Gasteiger charge is -2.63. The van der Waals surface area contributed by atoms with Gasteiger partial charge in [0.25, 0.3) is 0 Å². The Bertz CT molecular complexity index is 1340. The second kappa shape index (κ2) is 8.92. The van der Waals surface area contributed by atoms with E-state index in [4.69, 9.17) is 9.15 Å². The van der Waals surface area contributed by atoms with Crippen LogP contribution in [0.25, 0.3) is 0 Å². The van der Waals surface area contributed by atoms with Gasteiger partial charge in [-0.15, -0.1) is 0 Å². The topological polar surface area (TPSA) is 97.1 Å². The molecule has 9 atom stereocenters. The van der Waals surface area contributed by atoms with Gasteiger partial charge in [0, 0.05) is 31.3 Å². The predicted molar refractivity (Wildman–Crippen MR) is 140 cm³/mol. The minimum Gasteiger partial charge on any atom is -0.465 e. The summed E-state index contributed by atoms with van der Waals surface area (Å²) in [6.07, 6.45) is 1.19. The second-order valence-corrected chi connectivity index (χ2v) is 13.1. The number of fused-ring (bicyclic) bond motifs is 7. The maximum atomic E-state index is 17.6. The van der Waals surface area contributed by atoms with E-state index in [1.807, 2.05) is 26.0 Å². The number of furan rings is 1. The molecule has 1 saturated heterocycles. The number of carbonyl (C=O) groups is 3. The standard InChI is InChI=1S/C31H37F2NO6/c1-17-5-6-21(40-17)14-34-13-19-9-22-23-11-25(32)24-10-20(36)7-8-28(24,3)31(23,33)26(37)12-29(22,4)30(19,16-34)27(38)15-39-18(2)35/h5-8,10,19,22-23,25-26,37H,9,11-16H2,1-4H3/t19-,22-,23-,25-,26-,28-,29-,30+,31-/m0/s1. The number of ether oxygens (including phenoxy) is 1.